The fourth-order valence-electron chi connectivity index (χ4n) is 0.893. The molecule has 0 amide bonds. The van der Waals surface area contributed by atoms with Crippen molar-refractivity contribution in [1.29, 1.82) is 0 Å². The van der Waals surface area contributed by atoms with Gasteiger partial charge < -0.3 is 14.7 Å². The van der Waals surface area contributed by atoms with Gasteiger partial charge in [-0.1, -0.05) is 53.0 Å². The second-order valence-electron chi connectivity index (χ2n) is 2.44. The first-order chi connectivity index (χ1) is 6.43. The quantitative estimate of drug-likeness (QED) is 0.641. The molecule has 3 nitrogen and oxygen atoms in total. The fourth-order valence-corrected chi connectivity index (χ4v) is 1.75. The van der Waals surface area contributed by atoms with Crippen LogP contribution in [0.5, 0.6) is 0 Å². The summed E-state index contributed by atoms with van der Waals surface area (Å²) in [6, 6.07) is 6.41. The zero-order chi connectivity index (χ0) is 10.8. The van der Waals surface area contributed by atoms with Gasteiger partial charge in [-0.3, -0.25) is 0 Å². The van der Waals surface area contributed by atoms with Crippen LogP contribution in [-0.4, -0.2) is 17.4 Å². The van der Waals surface area contributed by atoms with Crippen molar-refractivity contribution in [3.05, 3.63) is 34.9 Å². The molecule has 0 aliphatic heterocycles. The zero-order valence-electron chi connectivity index (χ0n) is 6.82. The lowest BCUT2D eigenvalue weighted by Crippen LogP contribution is -2.27. The average Bonchev–Trinajstić information content (AvgIpc) is 2.02. The van der Waals surface area contributed by atoms with Crippen LogP contribution in [0.1, 0.15) is 5.56 Å². The molecule has 0 heterocycles. The van der Waals surface area contributed by atoms with Crippen LogP contribution in [-0.2, 0) is 9.17 Å². The highest BCUT2D eigenvalue weighted by atomic mass is 35.5. The Kier molecular flexibility index (Phi) is 4.07. The maximum Gasteiger partial charge on any atom is 0.636 e. The smallest absolute Gasteiger partial charge is 0.402 e. The molecule has 0 atom stereocenters. The lowest BCUT2D eigenvalue weighted by molar-refractivity contribution is 0.141. The van der Waals surface area contributed by atoms with Crippen molar-refractivity contribution in [2.75, 3.05) is 0 Å². The summed E-state index contributed by atoms with van der Waals surface area (Å²) < 4.78 is 2.58. The van der Waals surface area contributed by atoms with E-state index in [0.29, 0.717) is 0 Å². The number of halogens is 3. The van der Waals surface area contributed by atoms with E-state index >= 15 is 0 Å². The normalized spacial score (nSPS) is 11.5. The van der Waals surface area contributed by atoms with Gasteiger partial charge in [0.1, 0.15) is 0 Å². The molecule has 0 bridgehead atoms. The molecule has 1 rings (SSSR count). The fraction of sp³-hybridized carbons (Fsp3) is 0.143. The highest BCUT2D eigenvalue weighted by Gasteiger charge is 2.34. The van der Waals surface area contributed by atoms with E-state index in [1.165, 1.54) is 6.07 Å². The van der Waals surface area contributed by atoms with Crippen molar-refractivity contribution in [1.82, 2.24) is 0 Å². The van der Waals surface area contributed by atoms with Gasteiger partial charge in [-0.2, -0.15) is 0 Å². The molecule has 2 N–H and O–H groups in total. The van der Waals surface area contributed by atoms with E-state index in [-0.39, 0.29) is 10.6 Å². The molecule has 0 aliphatic carbocycles. The van der Waals surface area contributed by atoms with Gasteiger partial charge in [-0.15, -0.1) is 0 Å². The minimum absolute atomic E-state index is 0.248. The van der Waals surface area contributed by atoms with Crippen LogP contribution in [0.25, 0.3) is 0 Å². The molecule has 7 heteroatoms. The van der Waals surface area contributed by atoms with Crippen LogP contribution < -0.4 is 0 Å². The van der Waals surface area contributed by atoms with Crippen LogP contribution in [0.15, 0.2) is 24.3 Å². The zero-order valence-corrected chi connectivity index (χ0v) is 9.09. The molecule has 1 aromatic carbocycles. The lowest BCUT2D eigenvalue weighted by Gasteiger charge is -2.21. The van der Waals surface area contributed by atoms with Crippen LogP contribution in [0, 0.1) is 0 Å². The van der Waals surface area contributed by atoms with Crippen LogP contribution in [0.4, 0.5) is 0 Å². The molecule has 0 saturated carbocycles. The average molecular weight is 255 g/mol. The van der Waals surface area contributed by atoms with Gasteiger partial charge in [-0.25, -0.2) is 0 Å². The van der Waals surface area contributed by atoms with Crippen molar-refractivity contribution in [3.63, 3.8) is 0 Å². The van der Waals surface area contributed by atoms with Crippen LogP contribution >= 0.6 is 34.8 Å². The van der Waals surface area contributed by atoms with Gasteiger partial charge >= 0.3 is 7.32 Å². The molecule has 1 aromatic rings. The maximum absolute atomic E-state index is 8.56. The molecule has 0 fully saturated rings. The molecule has 0 radical (unpaired) electrons. The first kappa shape index (κ1) is 12.1. The van der Waals surface area contributed by atoms with Crippen LogP contribution in [0.3, 0.4) is 0 Å². The Morgan fingerprint density at radius 3 is 2.29 bits per heavy atom. The molecule has 76 valence electrons. The first-order valence-corrected chi connectivity index (χ1v) is 4.73. The molecule has 0 aromatic heterocycles. The van der Waals surface area contributed by atoms with Gasteiger partial charge in [0.25, 0.3) is 0 Å². The SMILES string of the molecule is OB(O)OC(Cl)(Cl)c1ccccc1Cl. The Hall–Kier alpha value is 0.0349. The van der Waals surface area contributed by atoms with Crippen molar-refractivity contribution < 1.29 is 14.7 Å². The summed E-state index contributed by atoms with van der Waals surface area (Å²) in [5.41, 5.74) is 0.248. The molecular weight excluding hydrogens is 249 g/mol. The molecule has 0 unspecified atom stereocenters. The molecule has 0 saturated heterocycles. The van der Waals surface area contributed by atoms with Crippen molar-refractivity contribution in [2.45, 2.75) is 4.52 Å². The van der Waals surface area contributed by atoms with E-state index in [1.807, 2.05) is 0 Å². The second-order valence-corrected chi connectivity index (χ2v) is 4.11. The number of alkyl halides is 2. The van der Waals surface area contributed by atoms with Crippen molar-refractivity contribution in [2.24, 2.45) is 0 Å². The number of hydrogen-bond acceptors (Lipinski definition) is 3. The van der Waals surface area contributed by atoms with Crippen molar-refractivity contribution >= 4 is 42.1 Å². The highest BCUT2D eigenvalue weighted by molar-refractivity contribution is 6.50. The molecule has 14 heavy (non-hydrogen) atoms. The summed E-state index contributed by atoms with van der Waals surface area (Å²) in [7, 11) is -2.07. The summed E-state index contributed by atoms with van der Waals surface area (Å²) in [5, 5.41) is 17.4. The van der Waals surface area contributed by atoms with E-state index in [9.17, 15) is 0 Å². The van der Waals surface area contributed by atoms with E-state index in [1.54, 1.807) is 18.2 Å². The predicted molar refractivity (Wildman–Crippen MR) is 56.1 cm³/mol. The third-order valence-electron chi connectivity index (χ3n) is 1.44. The van der Waals surface area contributed by atoms with E-state index in [2.05, 4.69) is 4.65 Å². The Morgan fingerprint density at radius 2 is 1.79 bits per heavy atom. The predicted octanol–water partition coefficient (Wildman–Crippen LogP) is 1.91. The van der Waals surface area contributed by atoms with E-state index in [4.69, 9.17) is 44.9 Å². The second kappa shape index (κ2) is 4.70. The summed E-state index contributed by atoms with van der Waals surface area (Å²) in [6.45, 7) is 0. The van der Waals surface area contributed by atoms with Crippen molar-refractivity contribution in [3.8, 4) is 0 Å². The van der Waals surface area contributed by atoms with Gasteiger partial charge in [0, 0.05) is 10.6 Å². The van der Waals surface area contributed by atoms with Crippen LogP contribution in [0.2, 0.25) is 5.02 Å². The largest absolute Gasteiger partial charge is 0.636 e. The number of benzene rings is 1. The Balaban J connectivity index is 2.97. The maximum atomic E-state index is 8.56. The standard InChI is InChI=1S/C7H6BCl3O3/c9-6-4-2-1-3-5(6)7(10,11)14-8(12)13/h1-4,12-13H. The van der Waals surface area contributed by atoms with Gasteiger partial charge in [-0.05, 0) is 6.07 Å². The monoisotopic (exact) mass is 254 g/mol. The first-order valence-electron chi connectivity index (χ1n) is 3.60. The van der Waals surface area contributed by atoms with Gasteiger partial charge in [0.05, 0.1) is 0 Å². The van der Waals surface area contributed by atoms with Gasteiger partial charge in [0.15, 0.2) is 0 Å². The summed E-state index contributed by atoms with van der Waals surface area (Å²) >= 11 is 17.2. The Labute approximate surface area is 96.3 Å². The molecule has 0 spiro atoms. The summed E-state index contributed by atoms with van der Waals surface area (Å²) in [6.07, 6.45) is 0. The summed E-state index contributed by atoms with van der Waals surface area (Å²) in [4.78, 5) is 0. The Bertz CT molecular complexity index is 319. The van der Waals surface area contributed by atoms with E-state index < -0.39 is 11.8 Å². The number of hydrogen-bond donors (Lipinski definition) is 2. The lowest BCUT2D eigenvalue weighted by atomic mass is 10.2. The summed E-state index contributed by atoms with van der Waals surface area (Å²) in [5.74, 6) is 0. The minimum Gasteiger partial charge on any atom is -0.402 e. The van der Waals surface area contributed by atoms with Gasteiger partial charge in [0.2, 0.25) is 4.52 Å². The number of rotatable bonds is 3. The Morgan fingerprint density at radius 1 is 1.21 bits per heavy atom. The molecular formula is C7H6BCl3O3. The van der Waals surface area contributed by atoms with E-state index in [0.717, 1.165) is 0 Å². The third-order valence-corrected chi connectivity index (χ3v) is 2.36. The molecule has 0 aliphatic rings. The minimum atomic E-state index is -2.07. The third kappa shape index (κ3) is 3.02. The highest BCUT2D eigenvalue weighted by Crippen LogP contribution is 2.38. The topological polar surface area (TPSA) is 49.7 Å².